The molecule has 4 nitrogen and oxygen atoms in total. The number of thiophene rings is 1. The van der Waals surface area contributed by atoms with Gasteiger partial charge >= 0.3 is 5.97 Å². The van der Waals surface area contributed by atoms with E-state index >= 15 is 0 Å². The van der Waals surface area contributed by atoms with Crippen molar-refractivity contribution in [1.29, 1.82) is 0 Å². The lowest BCUT2D eigenvalue weighted by Gasteiger charge is -2.39. The molecule has 0 spiro atoms. The van der Waals surface area contributed by atoms with E-state index < -0.39 is 12.0 Å². The topological polar surface area (TPSA) is 49.8 Å². The van der Waals surface area contributed by atoms with Crippen molar-refractivity contribution in [1.82, 2.24) is 4.90 Å². The summed E-state index contributed by atoms with van der Waals surface area (Å²) in [5.41, 5.74) is 3.35. The Hall–Kier alpha value is -3.15. The third kappa shape index (κ3) is 4.65. The summed E-state index contributed by atoms with van der Waals surface area (Å²) in [6.07, 6.45) is 2.63. The second-order valence-electron chi connectivity index (χ2n) is 8.52. The SMILES string of the molecule is O=C(O)C1CCCCN1C(c1cccc(OCc2ccccc2)c1)c1csc2ccccc12. The largest absolute Gasteiger partial charge is 0.489 e. The summed E-state index contributed by atoms with van der Waals surface area (Å²) in [5.74, 6) is 0.0560. The number of rotatable bonds is 7. The molecule has 4 aromatic rings. The Morgan fingerprint density at radius 1 is 1.03 bits per heavy atom. The molecule has 0 aliphatic carbocycles. The van der Waals surface area contributed by atoms with Crippen molar-refractivity contribution in [2.75, 3.05) is 6.54 Å². The second-order valence-corrected chi connectivity index (χ2v) is 9.44. The van der Waals surface area contributed by atoms with Gasteiger partial charge in [0.1, 0.15) is 18.4 Å². The van der Waals surface area contributed by atoms with Crippen LogP contribution in [0.5, 0.6) is 5.75 Å². The van der Waals surface area contributed by atoms with Gasteiger partial charge in [-0.15, -0.1) is 11.3 Å². The zero-order valence-corrected chi connectivity index (χ0v) is 19.2. The first kappa shape index (κ1) is 21.7. The van der Waals surface area contributed by atoms with Crippen molar-refractivity contribution in [2.24, 2.45) is 0 Å². The third-order valence-electron chi connectivity index (χ3n) is 6.39. The molecule has 0 radical (unpaired) electrons. The summed E-state index contributed by atoms with van der Waals surface area (Å²) in [6, 6.07) is 26.0. The molecule has 1 aromatic heterocycles. The Kier molecular flexibility index (Phi) is 6.42. The number of nitrogens with zero attached hydrogens (tertiary/aromatic N) is 1. The number of likely N-dealkylation sites (tertiary alicyclic amines) is 1. The minimum atomic E-state index is -0.740. The Morgan fingerprint density at radius 2 is 1.85 bits per heavy atom. The van der Waals surface area contributed by atoms with Crippen LogP contribution in [0, 0.1) is 0 Å². The van der Waals surface area contributed by atoms with E-state index in [4.69, 9.17) is 4.74 Å². The molecule has 168 valence electrons. The summed E-state index contributed by atoms with van der Waals surface area (Å²) >= 11 is 1.72. The van der Waals surface area contributed by atoms with Crippen LogP contribution in [0.4, 0.5) is 0 Å². The van der Waals surface area contributed by atoms with Gasteiger partial charge in [-0.1, -0.05) is 67.1 Å². The molecule has 0 bridgehead atoms. The zero-order chi connectivity index (χ0) is 22.6. The van der Waals surface area contributed by atoms with Crippen LogP contribution in [0.25, 0.3) is 10.1 Å². The third-order valence-corrected chi connectivity index (χ3v) is 7.37. The number of ether oxygens (including phenoxy) is 1. The van der Waals surface area contributed by atoms with Gasteiger partial charge in [0.15, 0.2) is 0 Å². The van der Waals surface area contributed by atoms with Crippen LogP contribution in [-0.2, 0) is 11.4 Å². The predicted molar refractivity (Wildman–Crippen MR) is 133 cm³/mol. The fourth-order valence-electron chi connectivity index (χ4n) is 4.80. The van der Waals surface area contributed by atoms with Crippen LogP contribution in [0.1, 0.15) is 42.0 Å². The van der Waals surface area contributed by atoms with Gasteiger partial charge in [-0.05, 0) is 65.0 Å². The quantitative estimate of drug-likeness (QED) is 0.344. The molecule has 1 saturated heterocycles. The summed E-state index contributed by atoms with van der Waals surface area (Å²) in [5, 5.41) is 13.4. The molecule has 3 aromatic carbocycles. The Bertz CT molecular complexity index is 1240. The van der Waals surface area contributed by atoms with Gasteiger partial charge < -0.3 is 9.84 Å². The lowest BCUT2D eigenvalue weighted by atomic mass is 9.91. The van der Waals surface area contributed by atoms with Crippen LogP contribution in [-0.4, -0.2) is 28.6 Å². The van der Waals surface area contributed by atoms with Gasteiger partial charge in [0, 0.05) is 4.70 Å². The van der Waals surface area contributed by atoms with Crippen molar-refractivity contribution in [3.05, 3.63) is 101 Å². The smallest absolute Gasteiger partial charge is 0.320 e. The Morgan fingerprint density at radius 3 is 2.70 bits per heavy atom. The minimum absolute atomic E-state index is 0.136. The van der Waals surface area contributed by atoms with E-state index in [1.807, 2.05) is 30.3 Å². The highest BCUT2D eigenvalue weighted by molar-refractivity contribution is 7.17. The number of carbonyl (C=O) groups is 1. The zero-order valence-electron chi connectivity index (χ0n) is 18.4. The number of piperidine rings is 1. The number of hydrogen-bond donors (Lipinski definition) is 1. The van der Waals surface area contributed by atoms with Gasteiger partial charge in [-0.3, -0.25) is 9.69 Å². The van der Waals surface area contributed by atoms with Crippen molar-refractivity contribution in [3.8, 4) is 5.75 Å². The molecule has 1 fully saturated rings. The first-order valence-electron chi connectivity index (χ1n) is 11.4. The maximum absolute atomic E-state index is 12.2. The van der Waals surface area contributed by atoms with E-state index in [2.05, 4.69) is 58.8 Å². The van der Waals surface area contributed by atoms with Crippen molar-refractivity contribution in [3.63, 3.8) is 0 Å². The summed E-state index contributed by atoms with van der Waals surface area (Å²) in [7, 11) is 0. The molecule has 5 rings (SSSR count). The summed E-state index contributed by atoms with van der Waals surface area (Å²) < 4.78 is 7.34. The molecule has 1 N–H and O–H groups in total. The summed E-state index contributed by atoms with van der Waals surface area (Å²) in [4.78, 5) is 14.4. The number of benzene rings is 3. The molecular weight excluding hydrogens is 430 g/mol. The molecule has 2 unspecified atom stereocenters. The van der Waals surface area contributed by atoms with E-state index in [9.17, 15) is 9.90 Å². The van der Waals surface area contributed by atoms with Gasteiger partial charge in [0.25, 0.3) is 0 Å². The highest BCUT2D eigenvalue weighted by Crippen LogP contribution is 2.40. The lowest BCUT2D eigenvalue weighted by Crippen LogP contribution is -2.46. The molecule has 5 heteroatoms. The minimum Gasteiger partial charge on any atom is -0.489 e. The van der Waals surface area contributed by atoms with Crippen LogP contribution in [0.15, 0.2) is 84.2 Å². The van der Waals surface area contributed by atoms with Crippen molar-refractivity contribution >= 4 is 27.4 Å². The highest BCUT2D eigenvalue weighted by atomic mass is 32.1. The molecule has 33 heavy (non-hydrogen) atoms. The summed E-state index contributed by atoms with van der Waals surface area (Å²) in [6.45, 7) is 1.26. The van der Waals surface area contributed by atoms with E-state index in [0.717, 1.165) is 36.3 Å². The maximum atomic E-state index is 12.2. The number of hydrogen-bond acceptors (Lipinski definition) is 4. The highest BCUT2D eigenvalue weighted by Gasteiger charge is 2.36. The predicted octanol–water partition coefficient (Wildman–Crippen LogP) is 6.51. The normalized spacial score (nSPS) is 17.6. The molecule has 2 heterocycles. The number of carboxylic acid groups (broad SMARTS) is 1. The van der Waals surface area contributed by atoms with Crippen molar-refractivity contribution < 1.29 is 14.6 Å². The van der Waals surface area contributed by atoms with Gasteiger partial charge in [0.2, 0.25) is 0 Å². The fourth-order valence-corrected chi connectivity index (χ4v) is 5.78. The second kappa shape index (κ2) is 9.77. The van der Waals surface area contributed by atoms with E-state index in [1.165, 1.54) is 15.6 Å². The van der Waals surface area contributed by atoms with Crippen LogP contribution < -0.4 is 4.74 Å². The molecule has 2 atom stereocenters. The van der Waals surface area contributed by atoms with Crippen LogP contribution in [0.2, 0.25) is 0 Å². The Balaban J connectivity index is 1.54. The van der Waals surface area contributed by atoms with Gasteiger partial charge in [0.05, 0.1) is 6.04 Å². The Labute approximate surface area is 198 Å². The molecule has 0 amide bonds. The van der Waals surface area contributed by atoms with Gasteiger partial charge in [-0.2, -0.15) is 0 Å². The monoisotopic (exact) mass is 457 g/mol. The lowest BCUT2D eigenvalue weighted by molar-refractivity contribution is -0.145. The number of fused-ring (bicyclic) bond motifs is 1. The fraction of sp³-hybridized carbons (Fsp3) is 0.250. The molecule has 0 saturated carbocycles. The number of carboxylic acids is 1. The maximum Gasteiger partial charge on any atom is 0.320 e. The molecular formula is C28H27NO3S. The molecule has 1 aliphatic heterocycles. The van der Waals surface area contributed by atoms with E-state index in [1.54, 1.807) is 11.3 Å². The van der Waals surface area contributed by atoms with Crippen LogP contribution >= 0.6 is 11.3 Å². The van der Waals surface area contributed by atoms with E-state index in [0.29, 0.717) is 13.0 Å². The van der Waals surface area contributed by atoms with Gasteiger partial charge in [-0.25, -0.2) is 0 Å². The first-order chi connectivity index (χ1) is 16.2. The standard InChI is InChI=1S/C28H27NO3S/c30-28(31)25-14-6-7-16-29(25)27(24-19-33-26-15-5-4-13-23(24)26)21-11-8-12-22(17-21)32-18-20-9-2-1-3-10-20/h1-5,8-13,15,17,19,25,27H,6-7,14,16,18H2,(H,30,31). The van der Waals surface area contributed by atoms with E-state index in [-0.39, 0.29) is 6.04 Å². The average molecular weight is 458 g/mol. The van der Waals surface area contributed by atoms with Crippen molar-refractivity contribution in [2.45, 2.75) is 38.0 Å². The average Bonchev–Trinajstić information content (AvgIpc) is 3.28. The first-order valence-corrected chi connectivity index (χ1v) is 12.3. The number of aliphatic carboxylic acids is 1. The molecule has 1 aliphatic rings. The van der Waals surface area contributed by atoms with Crippen LogP contribution in [0.3, 0.4) is 0 Å².